The van der Waals surface area contributed by atoms with Crippen LogP contribution in [0.15, 0.2) is 24.3 Å². The molecule has 1 heterocycles. The van der Waals surface area contributed by atoms with E-state index in [-0.39, 0.29) is 0 Å². The zero-order chi connectivity index (χ0) is 12.3. The van der Waals surface area contributed by atoms with Crippen molar-refractivity contribution in [2.24, 2.45) is 0 Å². The van der Waals surface area contributed by atoms with Crippen LogP contribution in [-0.4, -0.2) is 24.2 Å². The monoisotopic (exact) mass is 233 g/mol. The number of nitrogens with one attached hydrogen (secondary N) is 1. The SMILES string of the molecule is CC(C(=O)O)c1ccccc1C1CCNCC1. The molecule has 2 N–H and O–H groups in total. The summed E-state index contributed by atoms with van der Waals surface area (Å²) < 4.78 is 0. The molecule has 1 saturated heterocycles. The summed E-state index contributed by atoms with van der Waals surface area (Å²) in [6.45, 7) is 3.82. The zero-order valence-corrected chi connectivity index (χ0v) is 10.1. The normalized spacial score (nSPS) is 18.9. The Morgan fingerprint density at radius 2 is 2.00 bits per heavy atom. The number of rotatable bonds is 3. The molecule has 0 bridgehead atoms. The highest BCUT2D eigenvalue weighted by molar-refractivity contribution is 5.76. The summed E-state index contributed by atoms with van der Waals surface area (Å²) >= 11 is 0. The Kier molecular flexibility index (Phi) is 3.79. The maximum atomic E-state index is 11.1. The molecule has 1 unspecified atom stereocenters. The van der Waals surface area contributed by atoms with Crippen LogP contribution in [0, 0.1) is 0 Å². The Labute approximate surface area is 102 Å². The molecule has 1 aromatic rings. The summed E-state index contributed by atoms with van der Waals surface area (Å²) in [5.41, 5.74) is 2.20. The summed E-state index contributed by atoms with van der Waals surface area (Å²) in [6.07, 6.45) is 2.20. The lowest BCUT2D eigenvalue weighted by Gasteiger charge is -2.26. The molecule has 0 saturated carbocycles. The van der Waals surface area contributed by atoms with Gasteiger partial charge in [0.15, 0.2) is 0 Å². The lowest BCUT2D eigenvalue weighted by molar-refractivity contribution is -0.138. The number of carboxylic acid groups (broad SMARTS) is 1. The van der Waals surface area contributed by atoms with Crippen molar-refractivity contribution < 1.29 is 9.90 Å². The lowest BCUT2D eigenvalue weighted by atomic mass is 9.83. The first-order valence-electron chi connectivity index (χ1n) is 6.22. The van der Waals surface area contributed by atoms with Gasteiger partial charge in [0.25, 0.3) is 0 Å². The van der Waals surface area contributed by atoms with E-state index in [1.807, 2.05) is 18.2 Å². The van der Waals surface area contributed by atoms with Gasteiger partial charge in [-0.05, 0) is 49.9 Å². The molecule has 0 aliphatic carbocycles. The molecule has 2 rings (SSSR count). The van der Waals surface area contributed by atoms with Gasteiger partial charge >= 0.3 is 5.97 Å². The Morgan fingerprint density at radius 3 is 2.65 bits per heavy atom. The number of carbonyl (C=O) groups is 1. The molecule has 0 radical (unpaired) electrons. The van der Waals surface area contributed by atoms with Crippen LogP contribution < -0.4 is 5.32 Å². The van der Waals surface area contributed by atoms with Crippen LogP contribution in [0.4, 0.5) is 0 Å². The Balaban J connectivity index is 2.29. The number of carboxylic acids is 1. The minimum atomic E-state index is -0.744. The van der Waals surface area contributed by atoms with Crippen molar-refractivity contribution in [1.82, 2.24) is 5.32 Å². The molecule has 3 heteroatoms. The van der Waals surface area contributed by atoms with Gasteiger partial charge in [0.05, 0.1) is 5.92 Å². The predicted molar refractivity (Wildman–Crippen MR) is 67.3 cm³/mol. The van der Waals surface area contributed by atoms with Gasteiger partial charge in [0.2, 0.25) is 0 Å². The summed E-state index contributed by atoms with van der Waals surface area (Å²) in [5.74, 6) is -0.651. The Hall–Kier alpha value is -1.35. The average molecular weight is 233 g/mol. The number of piperidine rings is 1. The smallest absolute Gasteiger partial charge is 0.310 e. The minimum absolute atomic E-state index is 0.416. The van der Waals surface area contributed by atoms with Gasteiger partial charge < -0.3 is 10.4 Å². The van der Waals surface area contributed by atoms with Crippen molar-refractivity contribution in [3.8, 4) is 0 Å². The van der Waals surface area contributed by atoms with Crippen LogP contribution in [0.5, 0.6) is 0 Å². The van der Waals surface area contributed by atoms with Crippen molar-refractivity contribution in [2.75, 3.05) is 13.1 Å². The first kappa shape index (κ1) is 12.1. The molecule has 0 spiro atoms. The molecule has 1 aliphatic rings. The number of benzene rings is 1. The van der Waals surface area contributed by atoms with Gasteiger partial charge in [-0.2, -0.15) is 0 Å². The summed E-state index contributed by atoms with van der Waals surface area (Å²) in [6, 6.07) is 7.98. The fraction of sp³-hybridized carbons (Fsp3) is 0.500. The van der Waals surface area contributed by atoms with E-state index in [0.717, 1.165) is 31.5 Å². The van der Waals surface area contributed by atoms with Crippen molar-refractivity contribution >= 4 is 5.97 Å². The summed E-state index contributed by atoms with van der Waals surface area (Å²) in [4.78, 5) is 11.1. The lowest BCUT2D eigenvalue weighted by Crippen LogP contribution is -2.27. The van der Waals surface area contributed by atoms with E-state index in [1.165, 1.54) is 5.56 Å². The minimum Gasteiger partial charge on any atom is -0.481 e. The molecule has 0 amide bonds. The molecular weight excluding hydrogens is 214 g/mol. The average Bonchev–Trinajstić information content (AvgIpc) is 2.39. The van der Waals surface area contributed by atoms with Crippen LogP contribution in [0.2, 0.25) is 0 Å². The van der Waals surface area contributed by atoms with E-state index in [2.05, 4.69) is 11.4 Å². The first-order valence-corrected chi connectivity index (χ1v) is 6.22. The highest BCUT2D eigenvalue weighted by Crippen LogP contribution is 2.31. The van der Waals surface area contributed by atoms with Crippen LogP contribution in [0.25, 0.3) is 0 Å². The predicted octanol–water partition coefficient (Wildman–Crippen LogP) is 2.34. The van der Waals surface area contributed by atoms with E-state index in [1.54, 1.807) is 6.92 Å². The standard InChI is InChI=1S/C14H19NO2/c1-10(14(16)17)12-4-2-3-5-13(12)11-6-8-15-9-7-11/h2-5,10-11,15H,6-9H2,1H3,(H,16,17). The second-order valence-corrected chi connectivity index (χ2v) is 4.71. The topological polar surface area (TPSA) is 49.3 Å². The largest absolute Gasteiger partial charge is 0.481 e. The highest BCUT2D eigenvalue weighted by atomic mass is 16.4. The Morgan fingerprint density at radius 1 is 1.35 bits per heavy atom. The van der Waals surface area contributed by atoms with Gasteiger partial charge in [-0.25, -0.2) is 0 Å². The second kappa shape index (κ2) is 5.32. The quantitative estimate of drug-likeness (QED) is 0.842. The van der Waals surface area contributed by atoms with E-state index >= 15 is 0 Å². The molecule has 92 valence electrons. The van der Waals surface area contributed by atoms with E-state index < -0.39 is 11.9 Å². The highest BCUT2D eigenvalue weighted by Gasteiger charge is 2.22. The second-order valence-electron chi connectivity index (χ2n) is 4.71. The van der Waals surface area contributed by atoms with Crippen molar-refractivity contribution in [1.29, 1.82) is 0 Å². The van der Waals surface area contributed by atoms with Crippen LogP contribution in [0.1, 0.15) is 42.7 Å². The van der Waals surface area contributed by atoms with Gasteiger partial charge in [-0.1, -0.05) is 24.3 Å². The molecule has 17 heavy (non-hydrogen) atoms. The maximum absolute atomic E-state index is 11.1. The van der Waals surface area contributed by atoms with Gasteiger partial charge in [0.1, 0.15) is 0 Å². The molecule has 1 aromatic carbocycles. The zero-order valence-electron chi connectivity index (χ0n) is 10.1. The third-order valence-electron chi connectivity index (χ3n) is 3.61. The Bertz CT molecular complexity index is 397. The fourth-order valence-corrected chi connectivity index (χ4v) is 2.54. The number of aliphatic carboxylic acids is 1. The fourth-order valence-electron chi connectivity index (χ4n) is 2.54. The molecule has 0 aromatic heterocycles. The van der Waals surface area contributed by atoms with E-state index in [9.17, 15) is 4.79 Å². The van der Waals surface area contributed by atoms with Crippen LogP contribution in [0.3, 0.4) is 0 Å². The molecule has 1 aliphatic heterocycles. The number of hydrogen-bond acceptors (Lipinski definition) is 2. The van der Waals surface area contributed by atoms with Crippen molar-refractivity contribution in [3.63, 3.8) is 0 Å². The summed E-state index contributed by atoms with van der Waals surface area (Å²) in [5, 5.41) is 12.5. The maximum Gasteiger partial charge on any atom is 0.310 e. The molecule has 1 atom stereocenters. The molecule has 1 fully saturated rings. The van der Waals surface area contributed by atoms with E-state index in [0.29, 0.717) is 5.92 Å². The van der Waals surface area contributed by atoms with Crippen LogP contribution in [-0.2, 0) is 4.79 Å². The van der Waals surface area contributed by atoms with Crippen molar-refractivity contribution in [3.05, 3.63) is 35.4 Å². The van der Waals surface area contributed by atoms with Gasteiger partial charge in [-0.15, -0.1) is 0 Å². The summed E-state index contributed by atoms with van der Waals surface area (Å²) in [7, 11) is 0. The van der Waals surface area contributed by atoms with Crippen molar-refractivity contribution in [2.45, 2.75) is 31.6 Å². The first-order chi connectivity index (χ1) is 8.20. The molecular formula is C14H19NO2. The van der Waals surface area contributed by atoms with E-state index in [4.69, 9.17) is 5.11 Å². The third-order valence-corrected chi connectivity index (χ3v) is 3.61. The van der Waals surface area contributed by atoms with Gasteiger partial charge in [-0.3, -0.25) is 4.79 Å². The van der Waals surface area contributed by atoms with Crippen LogP contribution >= 0.6 is 0 Å². The third kappa shape index (κ3) is 2.67. The molecule has 3 nitrogen and oxygen atoms in total. The van der Waals surface area contributed by atoms with Gasteiger partial charge in [0, 0.05) is 0 Å². The number of hydrogen-bond donors (Lipinski definition) is 2.